The Morgan fingerprint density at radius 1 is 1.50 bits per heavy atom. The Morgan fingerprint density at radius 3 is 2.89 bits per heavy atom. The number of hydrogen-bond donors (Lipinski definition) is 1. The van der Waals surface area contributed by atoms with E-state index in [1.165, 1.54) is 0 Å². The monoisotopic (exact) mass is 251 g/mol. The zero-order valence-electron chi connectivity index (χ0n) is 10.8. The lowest BCUT2D eigenvalue weighted by molar-refractivity contribution is 0.0273. The highest BCUT2D eigenvalue weighted by molar-refractivity contribution is 5.73. The van der Waals surface area contributed by atoms with Crippen molar-refractivity contribution < 1.29 is 9.53 Å². The summed E-state index contributed by atoms with van der Waals surface area (Å²) in [6.07, 6.45) is 2.50. The van der Waals surface area contributed by atoms with Crippen LogP contribution >= 0.6 is 0 Å². The van der Waals surface area contributed by atoms with Crippen molar-refractivity contribution in [3.63, 3.8) is 0 Å². The van der Waals surface area contributed by atoms with Gasteiger partial charge in [-0.1, -0.05) is 6.08 Å². The largest absolute Gasteiger partial charge is 0.444 e. The van der Waals surface area contributed by atoms with Gasteiger partial charge in [-0.3, -0.25) is 0 Å². The van der Waals surface area contributed by atoms with Gasteiger partial charge in [-0.2, -0.15) is 0 Å². The first-order valence-corrected chi connectivity index (χ1v) is 5.87. The molecule has 0 saturated heterocycles. The quantitative estimate of drug-likeness (QED) is 0.811. The standard InChI is InChI=1S/C11H17N5O2/c1-11(2,3)18-10(17)16-6-4-5-8(7-16)9-12-14-15-13-9/h5H,4,6-7H2,1-3H3,(H,12,13,14,15). The van der Waals surface area contributed by atoms with E-state index in [0.717, 1.165) is 12.0 Å². The molecule has 1 aromatic heterocycles. The van der Waals surface area contributed by atoms with Gasteiger partial charge in [0, 0.05) is 12.1 Å². The van der Waals surface area contributed by atoms with Crippen LogP contribution in [0.15, 0.2) is 6.08 Å². The number of aromatic amines is 1. The van der Waals surface area contributed by atoms with Crippen molar-refractivity contribution in [3.05, 3.63) is 11.9 Å². The van der Waals surface area contributed by atoms with Gasteiger partial charge in [-0.15, -0.1) is 5.10 Å². The molecule has 18 heavy (non-hydrogen) atoms. The Balaban J connectivity index is 2.02. The smallest absolute Gasteiger partial charge is 0.410 e. The van der Waals surface area contributed by atoms with Crippen molar-refractivity contribution in [2.45, 2.75) is 32.8 Å². The minimum Gasteiger partial charge on any atom is -0.444 e. The maximum absolute atomic E-state index is 11.9. The molecule has 0 saturated carbocycles. The Morgan fingerprint density at radius 2 is 2.28 bits per heavy atom. The molecule has 1 N–H and O–H groups in total. The summed E-state index contributed by atoms with van der Waals surface area (Å²) in [4.78, 5) is 13.6. The van der Waals surface area contributed by atoms with Crippen LogP contribution in [-0.2, 0) is 4.74 Å². The molecule has 0 aromatic carbocycles. The number of nitrogens with one attached hydrogen (secondary N) is 1. The molecular weight excluding hydrogens is 234 g/mol. The summed E-state index contributed by atoms with van der Waals surface area (Å²) in [5.41, 5.74) is 0.434. The summed E-state index contributed by atoms with van der Waals surface area (Å²) in [5, 5.41) is 13.6. The van der Waals surface area contributed by atoms with E-state index in [1.54, 1.807) is 4.90 Å². The van der Waals surface area contributed by atoms with Crippen LogP contribution in [0.1, 0.15) is 33.0 Å². The SMILES string of the molecule is CC(C)(C)OC(=O)N1CCC=C(c2nnn[nH]2)C1. The van der Waals surface area contributed by atoms with E-state index < -0.39 is 5.60 Å². The van der Waals surface area contributed by atoms with Crippen LogP contribution in [0.3, 0.4) is 0 Å². The molecule has 0 radical (unpaired) electrons. The molecule has 98 valence electrons. The molecule has 2 heterocycles. The van der Waals surface area contributed by atoms with Gasteiger partial charge in [-0.05, 0) is 37.6 Å². The maximum Gasteiger partial charge on any atom is 0.410 e. The molecule has 7 heteroatoms. The summed E-state index contributed by atoms with van der Waals surface area (Å²) in [7, 11) is 0. The fraction of sp³-hybridized carbons (Fsp3) is 0.636. The average molecular weight is 251 g/mol. The molecular formula is C11H17N5O2. The number of nitrogens with zero attached hydrogens (tertiary/aromatic N) is 4. The Kier molecular flexibility index (Phi) is 3.31. The first-order valence-electron chi connectivity index (χ1n) is 5.87. The molecule has 1 aliphatic heterocycles. The highest BCUT2D eigenvalue weighted by Crippen LogP contribution is 2.19. The molecule has 1 amide bonds. The van der Waals surface area contributed by atoms with Crippen LogP contribution in [0.4, 0.5) is 4.79 Å². The van der Waals surface area contributed by atoms with E-state index in [1.807, 2.05) is 26.8 Å². The van der Waals surface area contributed by atoms with E-state index in [9.17, 15) is 4.79 Å². The fourth-order valence-corrected chi connectivity index (χ4v) is 1.69. The third-order valence-electron chi connectivity index (χ3n) is 2.45. The normalized spacial score (nSPS) is 16.4. The molecule has 0 bridgehead atoms. The van der Waals surface area contributed by atoms with Gasteiger partial charge in [0.05, 0.1) is 6.54 Å². The van der Waals surface area contributed by atoms with E-state index in [-0.39, 0.29) is 6.09 Å². The fourth-order valence-electron chi connectivity index (χ4n) is 1.69. The zero-order chi connectivity index (χ0) is 13.2. The van der Waals surface area contributed by atoms with Crippen molar-refractivity contribution in [1.29, 1.82) is 0 Å². The van der Waals surface area contributed by atoms with E-state index in [4.69, 9.17) is 4.74 Å². The number of tetrazole rings is 1. The summed E-state index contributed by atoms with van der Waals surface area (Å²) in [5.74, 6) is 0.600. The number of carbonyl (C=O) groups excluding carboxylic acids is 1. The van der Waals surface area contributed by atoms with E-state index >= 15 is 0 Å². The average Bonchev–Trinajstić information content (AvgIpc) is 2.80. The Bertz CT molecular complexity index is 446. The lowest BCUT2D eigenvalue weighted by Gasteiger charge is -2.29. The van der Waals surface area contributed by atoms with Gasteiger partial charge < -0.3 is 9.64 Å². The molecule has 0 atom stereocenters. The van der Waals surface area contributed by atoms with E-state index in [2.05, 4.69) is 20.6 Å². The van der Waals surface area contributed by atoms with Crippen molar-refractivity contribution in [2.24, 2.45) is 0 Å². The third kappa shape index (κ3) is 3.06. The second-order valence-electron chi connectivity index (χ2n) is 5.17. The molecule has 2 rings (SSSR count). The topological polar surface area (TPSA) is 84.0 Å². The zero-order valence-corrected chi connectivity index (χ0v) is 10.8. The van der Waals surface area contributed by atoms with Crippen molar-refractivity contribution >= 4 is 11.7 Å². The predicted molar refractivity (Wildman–Crippen MR) is 64.6 cm³/mol. The molecule has 0 fully saturated rings. The molecule has 0 aliphatic carbocycles. The number of hydrogen-bond acceptors (Lipinski definition) is 5. The number of H-pyrrole nitrogens is 1. The highest BCUT2D eigenvalue weighted by Gasteiger charge is 2.25. The second kappa shape index (κ2) is 4.75. The highest BCUT2D eigenvalue weighted by atomic mass is 16.6. The van der Waals surface area contributed by atoms with Gasteiger partial charge in [0.2, 0.25) is 0 Å². The first kappa shape index (κ1) is 12.5. The maximum atomic E-state index is 11.9. The number of ether oxygens (including phenoxy) is 1. The number of carbonyl (C=O) groups is 1. The second-order valence-corrected chi connectivity index (χ2v) is 5.17. The Hall–Kier alpha value is -1.92. The minimum absolute atomic E-state index is 0.305. The molecule has 1 aromatic rings. The van der Waals surface area contributed by atoms with Crippen LogP contribution in [-0.4, -0.2) is 50.3 Å². The van der Waals surface area contributed by atoms with E-state index in [0.29, 0.717) is 18.9 Å². The summed E-state index contributed by atoms with van der Waals surface area (Å²) >= 11 is 0. The van der Waals surface area contributed by atoms with Gasteiger partial charge in [0.1, 0.15) is 5.60 Å². The summed E-state index contributed by atoms with van der Waals surface area (Å²) in [6.45, 7) is 6.68. The minimum atomic E-state index is -0.480. The Labute approximate surface area is 105 Å². The molecule has 0 spiro atoms. The van der Waals surface area contributed by atoms with Crippen LogP contribution in [0, 0.1) is 0 Å². The van der Waals surface area contributed by atoms with Crippen molar-refractivity contribution in [1.82, 2.24) is 25.5 Å². The lowest BCUT2D eigenvalue weighted by Crippen LogP contribution is -2.39. The predicted octanol–water partition coefficient (Wildman–Crippen LogP) is 1.22. The van der Waals surface area contributed by atoms with Crippen LogP contribution < -0.4 is 0 Å². The first-order chi connectivity index (χ1) is 8.46. The summed E-state index contributed by atoms with van der Waals surface area (Å²) in [6, 6.07) is 0. The van der Waals surface area contributed by atoms with Crippen LogP contribution in [0.5, 0.6) is 0 Å². The van der Waals surface area contributed by atoms with Crippen LogP contribution in [0.25, 0.3) is 5.57 Å². The number of aromatic nitrogens is 4. The molecule has 1 aliphatic rings. The van der Waals surface area contributed by atoms with Gasteiger partial charge in [-0.25, -0.2) is 9.89 Å². The summed E-state index contributed by atoms with van der Waals surface area (Å²) < 4.78 is 5.34. The number of amides is 1. The number of rotatable bonds is 1. The molecule has 7 nitrogen and oxygen atoms in total. The van der Waals surface area contributed by atoms with Crippen LogP contribution in [0.2, 0.25) is 0 Å². The van der Waals surface area contributed by atoms with Gasteiger partial charge >= 0.3 is 6.09 Å². The van der Waals surface area contributed by atoms with Gasteiger partial charge in [0.25, 0.3) is 0 Å². The lowest BCUT2D eigenvalue weighted by atomic mass is 10.1. The van der Waals surface area contributed by atoms with Crippen molar-refractivity contribution in [3.8, 4) is 0 Å². The third-order valence-corrected chi connectivity index (χ3v) is 2.45. The van der Waals surface area contributed by atoms with Gasteiger partial charge in [0.15, 0.2) is 5.82 Å². The molecule has 0 unspecified atom stereocenters. The van der Waals surface area contributed by atoms with Crippen molar-refractivity contribution in [2.75, 3.05) is 13.1 Å².